The summed E-state index contributed by atoms with van der Waals surface area (Å²) >= 11 is 0. The molecule has 0 aromatic heterocycles. The average molecular weight is 450 g/mol. The van der Waals surface area contributed by atoms with Crippen LogP contribution in [-0.2, 0) is 10.9 Å². The topological polar surface area (TPSA) is 107 Å². The summed E-state index contributed by atoms with van der Waals surface area (Å²) in [6.45, 7) is 0. The molecule has 12 heteroatoms. The van der Waals surface area contributed by atoms with Gasteiger partial charge in [0.05, 0.1) is 11.4 Å². The monoisotopic (exact) mass is 450 g/mol. The van der Waals surface area contributed by atoms with E-state index in [1.54, 1.807) is 0 Å². The molecule has 3 rings (SSSR count). The maximum atomic E-state index is 14.5. The molecular weight excluding hydrogens is 436 g/mol. The van der Waals surface area contributed by atoms with E-state index in [1.165, 1.54) is 18.2 Å². The molecule has 0 aliphatic carbocycles. The molecule has 0 radical (unpaired) electrons. The van der Waals surface area contributed by atoms with Gasteiger partial charge < -0.3 is 15.4 Å². The number of nitrogens with zero attached hydrogens (tertiary/aromatic N) is 1. The van der Waals surface area contributed by atoms with Crippen LogP contribution < -0.4 is 15.1 Å². The third kappa shape index (κ3) is 5.05. The quantitative estimate of drug-likeness (QED) is 0.338. The van der Waals surface area contributed by atoms with Crippen LogP contribution in [0.25, 0.3) is 0 Å². The van der Waals surface area contributed by atoms with Crippen LogP contribution >= 0.6 is 0 Å². The van der Waals surface area contributed by atoms with E-state index in [4.69, 9.17) is 0 Å². The maximum absolute atomic E-state index is 14.5. The van der Waals surface area contributed by atoms with E-state index in [0.29, 0.717) is 4.31 Å². The minimum Gasteiger partial charge on any atom is -0.423 e. The highest BCUT2D eigenvalue weighted by atomic mass is 32.2. The number of carbonyl (C=O) groups excluding carboxylic acids is 1. The van der Waals surface area contributed by atoms with Gasteiger partial charge >= 0.3 is 7.12 Å². The van der Waals surface area contributed by atoms with Gasteiger partial charge in [-0.15, -0.1) is 0 Å². The minimum atomic E-state index is -3.44. The lowest BCUT2D eigenvalue weighted by atomic mass is 9.80. The van der Waals surface area contributed by atoms with Crippen molar-refractivity contribution in [2.45, 2.75) is 0 Å². The smallest absolute Gasteiger partial charge is 0.423 e. The molecule has 0 unspecified atom stereocenters. The van der Waals surface area contributed by atoms with Gasteiger partial charge in [0.15, 0.2) is 11.6 Å². The summed E-state index contributed by atoms with van der Waals surface area (Å²) in [7, 11) is -5.33. The van der Waals surface area contributed by atoms with Crippen LogP contribution in [0.1, 0.15) is 10.4 Å². The van der Waals surface area contributed by atoms with Crippen molar-refractivity contribution in [3.63, 3.8) is 0 Å². The van der Waals surface area contributed by atoms with Crippen LogP contribution in [-0.4, -0.2) is 31.5 Å². The van der Waals surface area contributed by atoms with Crippen molar-refractivity contribution in [3.8, 4) is 0 Å². The average Bonchev–Trinajstić information content (AvgIpc) is 2.72. The lowest BCUT2D eigenvalue weighted by molar-refractivity contribution is 0.102. The molecule has 0 aliphatic heterocycles. The lowest BCUT2D eigenvalue weighted by Crippen LogP contribution is -2.30. The Morgan fingerprint density at radius 1 is 0.903 bits per heavy atom. The highest BCUT2D eigenvalue weighted by Gasteiger charge is 2.21. The first-order chi connectivity index (χ1) is 14.7. The number of rotatable bonds is 6. The number of halogens is 3. The predicted octanol–water partition coefficient (Wildman–Crippen LogP) is 1.70. The van der Waals surface area contributed by atoms with Crippen molar-refractivity contribution < 1.29 is 36.4 Å². The Hall–Kier alpha value is -3.35. The molecule has 3 aromatic rings. The molecule has 0 aliphatic rings. The van der Waals surface area contributed by atoms with Crippen molar-refractivity contribution in [1.29, 1.82) is 0 Å². The molecule has 31 heavy (non-hydrogen) atoms. The zero-order chi connectivity index (χ0) is 22.7. The van der Waals surface area contributed by atoms with Gasteiger partial charge in [0.2, 0.25) is 10.9 Å². The zero-order valence-corrected chi connectivity index (χ0v) is 16.4. The van der Waals surface area contributed by atoms with Crippen LogP contribution in [0, 0.1) is 17.5 Å². The molecule has 0 saturated heterocycles. The number of hydrogen-bond donors (Lipinski definition) is 4. The van der Waals surface area contributed by atoms with E-state index in [-0.39, 0.29) is 22.4 Å². The maximum Gasteiger partial charge on any atom is 0.488 e. The van der Waals surface area contributed by atoms with Gasteiger partial charge in [-0.2, -0.15) is 0 Å². The fourth-order valence-corrected chi connectivity index (χ4v) is 3.37. The van der Waals surface area contributed by atoms with E-state index in [0.717, 1.165) is 42.5 Å². The van der Waals surface area contributed by atoms with Crippen molar-refractivity contribution in [2.24, 2.45) is 0 Å². The molecule has 0 spiro atoms. The number of carbonyl (C=O) groups is 1. The summed E-state index contributed by atoms with van der Waals surface area (Å²) in [4.78, 5) is 12.5. The number of hydrogen-bond acceptors (Lipinski definition) is 5. The fraction of sp³-hybridized carbons (Fsp3) is 0. The SMILES string of the molecule is O=C(Nc1ccc(F)c(F)c1)c1ccc(F)c(N(c2cccc(B(O)O)c2)[SH](=O)=O)c1. The van der Waals surface area contributed by atoms with Gasteiger partial charge in [0.25, 0.3) is 5.91 Å². The normalized spacial score (nSPS) is 10.8. The number of anilines is 3. The highest BCUT2D eigenvalue weighted by Crippen LogP contribution is 2.29. The van der Waals surface area contributed by atoms with E-state index in [1.807, 2.05) is 0 Å². The molecule has 0 bridgehead atoms. The molecule has 0 saturated carbocycles. The molecule has 160 valence electrons. The Morgan fingerprint density at radius 2 is 1.61 bits per heavy atom. The van der Waals surface area contributed by atoms with Crippen molar-refractivity contribution >= 4 is 46.4 Å². The Bertz CT molecular complexity index is 1210. The number of benzene rings is 3. The molecule has 0 fully saturated rings. The standard InChI is InChI=1S/C19H14BF3N2O5S/c21-15-7-5-13(10-17(15)23)24-19(26)11-4-6-16(22)18(8-11)25(31(29)30)14-3-1-2-12(9-14)20(27)28/h1-10,27-28,31H,(H,24,26). The van der Waals surface area contributed by atoms with Gasteiger partial charge in [-0.25, -0.2) is 25.9 Å². The Balaban J connectivity index is 1.99. The number of amides is 1. The largest absolute Gasteiger partial charge is 0.488 e. The summed E-state index contributed by atoms with van der Waals surface area (Å²) in [5.41, 5.74) is -0.864. The van der Waals surface area contributed by atoms with Gasteiger partial charge in [0, 0.05) is 17.3 Å². The van der Waals surface area contributed by atoms with Crippen LogP contribution in [0.4, 0.5) is 30.2 Å². The second kappa shape index (κ2) is 9.21. The fourth-order valence-electron chi connectivity index (χ4n) is 2.73. The number of thiol groups is 1. The molecular formula is C19H14BF3N2O5S. The van der Waals surface area contributed by atoms with E-state index < -0.39 is 47.1 Å². The summed E-state index contributed by atoms with van der Waals surface area (Å²) in [6.07, 6.45) is 0. The first-order valence-corrected chi connectivity index (χ1v) is 9.77. The van der Waals surface area contributed by atoms with Crippen molar-refractivity contribution in [3.05, 3.63) is 83.7 Å². The van der Waals surface area contributed by atoms with Crippen molar-refractivity contribution in [1.82, 2.24) is 0 Å². The summed E-state index contributed by atoms with van der Waals surface area (Å²) in [6, 6.07) is 10.7. The second-order valence-corrected chi connectivity index (χ2v) is 7.14. The third-order valence-corrected chi connectivity index (χ3v) is 4.96. The highest BCUT2D eigenvalue weighted by molar-refractivity contribution is 7.74. The van der Waals surface area contributed by atoms with E-state index >= 15 is 0 Å². The van der Waals surface area contributed by atoms with E-state index in [2.05, 4.69) is 5.32 Å². The summed E-state index contributed by atoms with van der Waals surface area (Å²) in [5, 5.41) is 20.9. The molecule has 1 amide bonds. The Kier molecular flexibility index (Phi) is 6.63. The first-order valence-electron chi connectivity index (χ1n) is 8.64. The molecule has 3 N–H and O–H groups in total. The van der Waals surface area contributed by atoms with Gasteiger partial charge in [-0.3, -0.25) is 4.79 Å². The Labute approximate surface area is 176 Å². The van der Waals surface area contributed by atoms with Gasteiger partial charge in [-0.05, 0) is 47.9 Å². The first kappa shape index (κ1) is 22.3. The summed E-state index contributed by atoms with van der Waals surface area (Å²) < 4.78 is 65.2. The van der Waals surface area contributed by atoms with Crippen LogP contribution in [0.15, 0.2) is 60.7 Å². The summed E-state index contributed by atoms with van der Waals surface area (Å²) in [5.74, 6) is -4.09. The number of nitrogens with one attached hydrogen (secondary N) is 1. The molecule has 3 aromatic carbocycles. The molecule has 0 heterocycles. The third-order valence-electron chi connectivity index (χ3n) is 4.19. The van der Waals surface area contributed by atoms with Crippen molar-refractivity contribution in [2.75, 3.05) is 9.62 Å². The second-order valence-electron chi connectivity index (χ2n) is 6.27. The van der Waals surface area contributed by atoms with Crippen LogP contribution in [0.5, 0.6) is 0 Å². The minimum absolute atomic E-state index is 0.0352. The van der Waals surface area contributed by atoms with Crippen LogP contribution in [0.2, 0.25) is 0 Å². The van der Waals surface area contributed by atoms with Gasteiger partial charge in [-0.1, -0.05) is 12.1 Å². The van der Waals surface area contributed by atoms with Gasteiger partial charge in [0.1, 0.15) is 5.82 Å². The van der Waals surface area contributed by atoms with E-state index in [9.17, 15) is 36.4 Å². The molecule has 0 atom stereocenters. The lowest BCUT2D eigenvalue weighted by Gasteiger charge is -2.20. The predicted molar refractivity (Wildman–Crippen MR) is 109 cm³/mol. The molecule has 7 nitrogen and oxygen atoms in total. The zero-order valence-electron chi connectivity index (χ0n) is 15.5. The Morgan fingerprint density at radius 3 is 2.26 bits per heavy atom. The van der Waals surface area contributed by atoms with Crippen LogP contribution in [0.3, 0.4) is 0 Å².